The molecule has 8 heteroatoms. The van der Waals surface area contributed by atoms with E-state index in [2.05, 4.69) is 24.0 Å². The van der Waals surface area contributed by atoms with Crippen molar-refractivity contribution in [3.63, 3.8) is 0 Å². The lowest BCUT2D eigenvalue weighted by Gasteiger charge is -2.39. The highest BCUT2D eigenvalue weighted by Crippen LogP contribution is 2.30. The SMILES string of the molecule is COc1ccccc1-c1nnc(SCC(=O)N2C(C)CCCC2C)n1N. The summed E-state index contributed by atoms with van der Waals surface area (Å²) in [6.07, 6.45) is 3.30. The molecule has 0 radical (unpaired) electrons. The lowest BCUT2D eigenvalue weighted by molar-refractivity contribution is -0.134. The summed E-state index contributed by atoms with van der Waals surface area (Å²) < 4.78 is 6.78. The van der Waals surface area contributed by atoms with Crippen LogP contribution in [0.25, 0.3) is 11.4 Å². The molecule has 2 atom stereocenters. The number of likely N-dealkylation sites (tertiary alicyclic amines) is 1. The second-order valence-corrected chi connectivity index (χ2v) is 7.54. The van der Waals surface area contributed by atoms with Gasteiger partial charge in [-0.3, -0.25) is 4.79 Å². The number of rotatable bonds is 5. The maximum Gasteiger partial charge on any atom is 0.233 e. The number of hydrogen-bond donors (Lipinski definition) is 1. The van der Waals surface area contributed by atoms with Crippen LogP contribution in [0.5, 0.6) is 5.75 Å². The first kappa shape index (κ1) is 18.6. The third kappa shape index (κ3) is 3.65. The number of benzene rings is 1. The van der Waals surface area contributed by atoms with Gasteiger partial charge in [0, 0.05) is 12.1 Å². The summed E-state index contributed by atoms with van der Waals surface area (Å²) >= 11 is 1.31. The largest absolute Gasteiger partial charge is 0.496 e. The van der Waals surface area contributed by atoms with Crippen molar-refractivity contribution in [3.05, 3.63) is 24.3 Å². The summed E-state index contributed by atoms with van der Waals surface area (Å²) in [5, 5.41) is 8.84. The van der Waals surface area contributed by atoms with E-state index >= 15 is 0 Å². The summed E-state index contributed by atoms with van der Waals surface area (Å²) in [7, 11) is 1.60. The Morgan fingerprint density at radius 1 is 1.27 bits per heavy atom. The van der Waals surface area contributed by atoms with Crippen molar-refractivity contribution in [1.29, 1.82) is 0 Å². The van der Waals surface area contributed by atoms with Crippen molar-refractivity contribution < 1.29 is 9.53 Å². The molecule has 1 fully saturated rings. The zero-order chi connectivity index (χ0) is 18.7. The zero-order valence-electron chi connectivity index (χ0n) is 15.4. The van der Waals surface area contributed by atoms with Crippen molar-refractivity contribution in [3.8, 4) is 17.1 Å². The van der Waals surface area contributed by atoms with Crippen molar-refractivity contribution in [2.45, 2.75) is 50.4 Å². The Bertz CT molecular complexity index is 769. The van der Waals surface area contributed by atoms with Gasteiger partial charge in [0.25, 0.3) is 0 Å². The first-order chi connectivity index (χ1) is 12.5. The Balaban J connectivity index is 1.72. The molecule has 2 heterocycles. The molecular weight excluding hydrogens is 350 g/mol. The summed E-state index contributed by atoms with van der Waals surface area (Å²) in [6.45, 7) is 4.23. The molecule has 2 unspecified atom stereocenters. The van der Waals surface area contributed by atoms with Crippen LogP contribution in [0.3, 0.4) is 0 Å². The van der Waals surface area contributed by atoms with E-state index in [1.807, 2.05) is 29.2 Å². The average Bonchev–Trinajstić information content (AvgIpc) is 3.00. The molecule has 0 bridgehead atoms. The van der Waals surface area contributed by atoms with E-state index in [9.17, 15) is 4.79 Å². The van der Waals surface area contributed by atoms with Gasteiger partial charge in [0.15, 0.2) is 5.82 Å². The molecule has 7 nitrogen and oxygen atoms in total. The number of nitrogens with zero attached hydrogens (tertiary/aromatic N) is 4. The number of thioether (sulfide) groups is 1. The number of carbonyl (C=O) groups excluding carboxylic acids is 1. The van der Waals surface area contributed by atoms with Crippen LogP contribution in [0.15, 0.2) is 29.4 Å². The maximum atomic E-state index is 12.7. The van der Waals surface area contributed by atoms with Gasteiger partial charge >= 0.3 is 0 Å². The third-order valence-corrected chi connectivity index (χ3v) is 5.75. The van der Waals surface area contributed by atoms with Crippen LogP contribution in [0.2, 0.25) is 0 Å². The highest BCUT2D eigenvalue weighted by Gasteiger charge is 2.29. The molecular formula is C18H25N5O2S. The Morgan fingerprint density at radius 2 is 1.96 bits per heavy atom. The molecule has 1 amide bonds. The first-order valence-electron chi connectivity index (χ1n) is 8.80. The van der Waals surface area contributed by atoms with E-state index in [4.69, 9.17) is 10.6 Å². The van der Waals surface area contributed by atoms with Crippen LogP contribution in [0.1, 0.15) is 33.1 Å². The normalized spacial score (nSPS) is 20.2. The summed E-state index contributed by atoms with van der Waals surface area (Å²) in [4.78, 5) is 14.7. The second-order valence-electron chi connectivity index (χ2n) is 6.60. The summed E-state index contributed by atoms with van der Waals surface area (Å²) in [5.74, 6) is 7.78. The van der Waals surface area contributed by atoms with Crippen molar-refractivity contribution in [2.24, 2.45) is 0 Å². The van der Waals surface area contributed by atoms with E-state index in [0.29, 0.717) is 22.5 Å². The fraction of sp³-hybridized carbons (Fsp3) is 0.500. The minimum absolute atomic E-state index is 0.122. The van der Waals surface area contributed by atoms with Crippen LogP contribution in [-0.4, -0.2) is 50.6 Å². The first-order valence-corrected chi connectivity index (χ1v) is 9.79. The molecule has 0 spiro atoms. The molecule has 2 aromatic rings. The van der Waals surface area contributed by atoms with Gasteiger partial charge in [-0.1, -0.05) is 23.9 Å². The lowest BCUT2D eigenvalue weighted by atomic mass is 9.98. The second kappa shape index (κ2) is 7.99. The minimum Gasteiger partial charge on any atom is -0.496 e. The topological polar surface area (TPSA) is 86.3 Å². The Morgan fingerprint density at radius 3 is 2.65 bits per heavy atom. The molecule has 140 valence electrons. The minimum atomic E-state index is 0.122. The molecule has 1 aromatic carbocycles. The lowest BCUT2D eigenvalue weighted by Crippen LogP contribution is -2.48. The van der Waals surface area contributed by atoms with Crippen molar-refractivity contribution in [2.75, 3.05) is 18.7 Å². The highest BCUT2D eigenvalue weighted by molar-refractivity contribution is 7.99. The number of carbonyl (C=O) groups is 1. The standard InChI is InChI=1S/C18H25N5O2S/c1-12-7-6-8-13(2)22(12)16(24)11-26-18-21-20-17(23(18)19)14-9-4-5-10-15(14)25-3/h4-5,9-10,12-13H,6-8,11,19H2,1-3H3. The van der Waals surface area contributed by atoms with E-state index in [1.54, 1.807) is 7.11 Å². The molecule has 1 aliphatic heterocycles. The molecule has 26 heavy (non-hydrogen) atoms. The summed E-state index contributed by atoms with van der Waals surface area (Å²) in [5.41, 5.74) is 0.765. The van der Waals surface area contributed by atoms with Gasteiger partial charge in [0.1, 0.15) is 5.75 Å². The fourth-order valence-corrected chi connectivity index (χ4v) is 4.23. The molecule has 0 aliphatic carbocycles. The van der Waals surface area contributed by atoms with E-state index in [1.165, 1.54) is 22.9 Å². The fourth-order valence-electron chi connectivity index (χ4n) is 3.50. The van der Waals surface area contributed by atoms with Gasteiger partial charge in [-0.05, 0) is 45.2 Å². The maximum absolute atomic E-state index is 12.7. The van der Waals surface area contributed by atoms with Crippen molar-refractivity contribution >= 4 is 17.7 Å². The Labute approximate surface area is 157 Å². The van der Waals surface area contributed by atoms with Crippen LogP contribution in [0, 0.1) is 0 Å². The Hall–Kier alpha value is -2.22. The number of amides is 1. The monoisotopic (exact) mass is 375 g/mol. The van der Waals surface area contributed by atoms with E-state index in [-0.39, 0.29) is 18.0 Å². The number of piperidine rings is 1. The number of ether oxygens (including phenoxy) is 1. The third-order valence-electron chi connectivity index (χ3n) is 4.82. The number of methoxy groups -OCH3 is 1. The van der Waals surface area contributed by atoms with Gasteiger partial charge < -0.3 is 15.5 Å². The molecule has 1 aromatic heterocycles. The van der Waals surface area contributed by atoms with Crippen LogP contribution < -0.4 is 10.6 Å². The number of para-hydroxylation sites is 1. The predicted octanol–water partition coefficient (Wildman–Crippen LogP) is 2.55. The van der Waals surface area contributed by atoms with Gasteiger partial charge in [0.05, 0.1) is 18.4 Å². The van der Waals surface area contributed by atoms with Crippen LogP contribution in [-0.2, 0) is 4.79 Å². The number of nitrogens with two attached hydrogens (primary N) is 1. The average molecular weight is 375 g/mol. The molecule has 2 N–H and O–H groups in total. The van der Waals surface area contributed by atoms with Gasteiger partial charge in [0.2, 0.25) is 11.1 Å². The number of hydrogen-bond acceptors (Lipinski definition) is 6. The predicted molar refractivity (Wildman–Crippen MR) is 103 cm³/mol. The van der Waals surface area contributed by atoms with Gasteiger partial charge in [-0.15, -0.1) is 10.2 Å². The Kier molecular flexibility index (Phi) is 5.70. The quantitative estimate of drug-likeness (QED) is 0.638. The molecule has 1 saturated heterocycles. The molecule has 3 rings (SSSR count). The van der Waals surface area contributed by atoms with Crippen LogP contribution >= 0.6 is 11.8 Å². The van der Waals surface area contributed by atoms with Crippen molar-refractivity contribution in [1.82, 2.24) is 19.8 Å². The smallest absolute Gasteiger partial charge is 0.233 e. The number of nitrogen functional groups attached to an aromatic ring is 1. The summed E-state index contributed by atoms with van der Waals surface area (Å²) in [6, 6.07) is 8.07. The van der Waals surface area contributed by atoms with Crippen LogP contribution in [0.4, 0.5) is 0 Å². The van der Waals surface area contributed by atoms with E-state index in [0.717, 1.165) is 18.4 Å². The highest BCUT2D eigenvalue weighted by atomic mass is 32.2. The van der Waals surface area contributed by atoms with Gasteiger partial charge in [-0.25, -0.2) is 4.68 Å². The van der Waals surface area contributed by atoms with E-state index < -0.39 is 0 Å². The molecule has 1 aliphatic rings. The number of aromatic nitrogens is 3. The van der Waals surface area contributed by atoms with Gasteiger partial charge in [-0.2, -0.15) is 0 Å². The zero-order valence-corrected chi connectivity index (χ0v) is 16.2. The molecule has 0 saturated carbocycles.